The van der Waals surface area contributed by atoms with Crippen LogP contribution < -0.4 is 4.90 Å². The summed E-state index contributed by atoms with van der Waals surface area (Å²) in [6, 6.07) is 14.8. The average molecular weight is 378 g/mol. The van der Waals surface area contributed by atoms with Crippen LogP contribution in [-0.4, -0.2) is 38.9 Å². The van der Waals surface area contributed by atoms with E-state index in [0.717, 1.165) is 22.5 Å². The lowest BCUT2D eigenvalue weighted by atomic mass is 9.99. The van der Waals surface area contributed by atoms with Crippen molar-refractivity contribution in [1.82, 2.24) is 4.41 Å². The summed E-state index contributed by atoms with van der Waals surface area (Å²) in [5.74, 6) is 0. The molecule has 2 aromatic rings. The van der Waals surface area contributed by atoms with Crippen LogP contribution in [0.3, 0.4) is 0 Å². The third-order valence-electron chi connectivity index (χ3n) is 4.18. The molecule has 0 saturated heterocycles. The number of hydrogen-bond acceptors (Lipinski definition) is 4. The summed E-state index contributed by atoms with van der Waals surface area (Å²) in [7, 11) is 0.485. The van der Waals surface area contributed by atoms with E-state index in [1.54, 1.807) is 12.1 Å². The second-order valence-corrected chi connectivity index (χ2v) is 8.57. The van der Waals surface area contributed by atoms with Crippen LogP contribution >= 0.6 is 11.6 Å². The number of halogens is 1. The van der Waals surface area contributed by atoms with Crippen LogP contribution in [0.5, 0.6) is 0 Å². The second-order valence-electron chi connectivity index (χ2n) is 6.30. The van der Waals surface area contributed by atoms with Gasteiger partial charge < -0.3 is 4.90 Å². The summed E-state index contributed by atoms with van der Waals surface area (Å²) in [5, 5.41) is 5.02. The molecule has 0 bridgehead atoms. The minimum Gasteiger partial charge on any atom is -0.378 e. The summed E-state index contributed by atoms with van der Waals surface area (Å²) in [5.41, 5.74) is 3.64. The average Bonchev–Trinajstić information content (AvgIpc) is 3.01. The molecule has 0 spiro atoms. The molecule has 0 unspecified atom stereocenters. The lowest BCUT2D eigenvalue weighted by molar-refractivity contribution is 0.375. The molecule has 1 aliphatic rings. The molecule has 132 valence electrons. The molecule has 2 aromatic carbocycles. The van der Waals surface area contributed by atoms with Crippen LogP contribution in [0.25, 0.3) is 0 Å². The molecule has 0 N–H and O–H groups in total. The third kappa shape index (κ3) is 3.80. The van der Waals surface area contributed by atoms with Crippen molar-refractivity contribution in [2.24, 2.45) is 5.10 Å². The Morgan fingerprint density at radius 3 is 2.20 bits per heavy atom. The monoisotopic (exact) mass is 377 g/mol. The third-order valence-corrected chi connectivity index (χ3v) is 5.45. The smallest absolute Gasteiger partial charge is 0.247 e. The molecule has 1 aliphatic heterocycles. The first-order valence-electron chi connectivity index (χ1n) is 7.86. The number of nitrogens with zero attached hydrogens (tertiary/aromatic N) is 3. The summed E-state index contributed by atoms with van der Waals surface area (Å²) in [6.07, 6.45) is 1.70. The maximum absolute atomic E-state index is 12.2. The fourth-order valence-corrected chi connectivity index (χ4v) is 3.89. The van der Waals surface area contributed by atoms with Gasteiger partial charge in [-0.25, -0.2) is 8.42 Å². The van der Waals surface area contributed by atoms with E-state index in [1.807, 2.05) is 55.4 Å². The highest BCUT2D eigenvalue weighted by Crippen LogP contribution is 2.35. The minimum atomic E-state index is -3.47. The summed E-state index contributed by atoms with van der Waals surface area (Å²) >= 11 is 5.95. The van der Waals surface area contributed by atoms with E-state index in [9.17, 15) is 8.42 Å². The Bertz CT molecular complexity index is 891. The summed E-state index contributed by atoms with van der Waals surface area (Å²) < 4.78 is 25.6. The summed E-state index contributed by atoms with van der Waals surface area (Å²) in [4.78, 5) is 2.01. The molecular formula is C18H20ClN3O2S. The molecule has 5 nitrogen and oxygen atoms in total. The second kappa shape index (κ2) is 6.69. The van der Waals surface area contributed by atoms with Gasteiger partial charge in [0, 0.05) is 31.2 Å². The van der Waals surface area contributed by atoms with Crippen molar-refractivity contribution in [3.05, 3.63) is 64.7 Å². The van der Waals surface area contributed by atoms with Crippen LogP contribution in [0.4, 0.5) is 5.69 Å². The number of anilines is 1. The van der Waals surface area contributed by atoms with Gasteiger partial charge in [0.25, 0.3) is 0 Å². The van der Waals surface area contributed by atoms with Crippen molar-refractivity contribution in [3.63, 3.8) is 0 Å². The van der Waals surface area contributed by atoms with E-state index in [1.165, 1.54) is 10.7 Å². The molecule has 0 saturated carbocycles. The largest absolute Gasteiger partial charge is 0.378 e. The number of benzene rings is 2. The first kappa shape index (κ1) is 17.8. The van der Waals surface area contributed by atoms with Gasteiger partial charge >= 0.3 is 0 Å². The van der Waals surface area contributed by atoms with Crippen LogP contribution in [0, 0.1) is 0 Å². The van der Waals surface area contributed by atoms with E-state index in [-0.39, 0.29) is 6.04 Å². The molecule has 1 atom stereocenters. The van der Waals surface area contributed by atoms with E-state index in [4.69, 9.17) is 11.6 Å². The van der Waals surface area contributed by atoms with Gasteiger partial charge in [0.1, 0.15) is 0 Å². The fourth-order valence-electron chi connectivity index (χ4n) is 2.85. The van der Waals surface area contributed by atoms with Crippen LogP contribution in [-0.2, 0) is 10.0 Å². The number of hydrogen-bond donors (Lipinski definition) is 0. The Morgan fingerprint density at radius 1 is 1.08 bits per heavy atom. The topological polar surface area (TPSA) is 53.0 Å². The minimum absolute atomic E-state index is 0.351. The van der Waals surface area contributed by atoms with Crippen molar-refractivity contribution in [1.29, 1.82) is 0 Å². The highest BCUT2D eigenvalue weighted by atomic mass is 35.5. The van der Waals surface area contributed by atoms with E-state index < -0.39 is 10.0 Å². The van der Waals surface area contributed by atoms with Crippen molar-refractivity contribution < 1.29 is 8.42 Å². The van der Waals surface area contributed by atoms with Gasteiger partial charge in [0.15, 0.2) is 0 Å². The molecule has 0 fully saturated rings. The maximum atomic E-state index is 12.2. The van der Waals surface area contributed by atoms with Crippen molar-refractivity contribution in [3.8, 4) is 0 Å². The Kier molecular flexibility index (Phi) is 4.75. The van der Waals surface area contributed by atoms with E-state index in [2.05, 4.69) is 5.10 Å². The predicted molar refractivity (Wildman–Crippen MR) is 103 cm³/mol. The highest BCUT2D eigenvalue weighted by Gasteiger charge is 2.34. The first-order valence-corrected chi connectivity index (χ1v) is 10.1. The fraction of sp³-hybridized carbons (Fsp3) is 0.278. The lowest BCUT2D eigenvalue weighted by Crippen LogP contribution is -2.25. The molecule has 3 rings (SSSR count). The summed E-state index contributed by atoms with van der Waals surface area (Å²) in [6.45, 7) is 0. The highest BCUT2D eigenvalue weighted by molar-refractivity contribution is 7.88. The van der Waals surface area contributed by atoms with Crippen LogP contribution in [0.1, 0.15) is 23.6 Å². The Hall–Kier alpha value is -2.05. The molecule has 0 aromatic heterocycles. The maximum Gasteiger partial charge on any atom is 0.247 e. The van der Waals surface area contributed by atoms with E-state index in [0.29, 0.717) is 11.4 Å². The molecular weight excluding hydrogens is 358 g/mol. The van der Waals surface area contributed by atoms with Gasteiger partial charge in [-0.3, -0.25) is 0 Å². The molecule has 0 amide bonds. The number of rotatable bonds is 4. The Morgan fingerprint density at radius 2 is 1.68 bits per heavy atom. The first-order chi connectivity index (χ1) is 11.8. The Labute approximate surface area is 153 Å². The number of sulfonamides is 1. The molecule has 0 aliphatic carbocycles. The molecule has 0 radical (unpaired) electrons. The Balaban J connectivity index is 1.95. The van der Waals surface area contributed by atoms with Crippen molar-refractivity contribution >= 4 is 33.0 Å². The van der Waals surface area contributed by atoms with E-state index >= 15 is 0 Å². The quantitative estimate of drug-likeness (QED) is 0.819. The molecule has 1 heterocycles. The van der Waals surface area contributed by atoms with Gasteiger partial charge in [-0.15, -0.1) is 0 Å². The van der Waals surface area contributed by atoms with Crippen molar-refractivity contribution in [2.75, 3.05) is 25.3 Å². The molecule has 7 heteroatoms. The van der Waals surface area contributed by atoms with Crippen LogP contribution in [0.15, 0.2) is 53.6 Å². The SMILES string of the molecule is CN(C)c1ccc(C2=NN(S(C)(=O)=O)[C@@H](c3ccc(Cl)cc3)C2)cc1. The van der Waals surface area contributed by atoms with Crippen LogP contribution in [0.2, 0.25) is 5.02 Å². The number of hydrazone groups is 1. The van der Waals surface area contributed by atoms with Gasteiger partial charge in [0.05, 0.1) is 18.0 Å². The van der Waals surface area contributed by atoms with Gasteiger partial charge in [-0.2, -0.15) is 9.52 Å². The molecule has 25 heavy (non-hydrogen) atoms. The lowest BCUT2D eigenvalue weighted by Gasteiger charge is -2.21. The van der Waals surface area contributed by atoms with Gasteiger partial charge in [-0.05, 0) is 35.4 Å². The zero-order valence-corrected chi connectivity index (χ0v) is 15.9. The normalized spacial score (nSPS) is 17.5. The standard InChI is InChI=1S/C18H20ClN3O2S/c1-21(2)16-10-6-13(7-11-16)17-12-18(22(20-17)25(3,23)24)14-4-8-15(19)9-5-14/h4-11,18H,12H2,1-3H3/t18-/m1/s1. The van der Waals surface area contributed by atoms with Gasteiger partial charge in [0.2, 0.25) is 10.0 Å². The zero-order valence-electron chi connectivity index (χ0n) is 14.3. The predicted octanol–water partition coefficient (Wildman–Crippen LogP) is 3.52. The zero-order chi connectivity index (χ0) is 18.2. The van der Waals surface area contributed by atoms with Gasteiger partial charge in [-0.1, -0.05) is 35.9 Å². The van der Waals surface area contributed by atoms with Crippen molar-refractivity contribution in [2.45, 2.75) is 12.5 Å².